The summed E-state index contributed by atoms with van der Waals surface area (Å²) in [5.74, 6) is 0.317. The number of fused-ring (bicyclic) bond motifs is 2. The number of hydrogen-bond acceptors (Lipinski definition) is 14. The Bertz CT molecular complexity index is 1970. The summed E-state index contributed by atoms with van der Waals surface area (Å²) in [6.07, 6.45) is 4.03. The average Bonchev–Trinajstić information content (AvgIpc) is 3.96. The lowest BCUT2D eigenvalue weighted by atomic mass is 9.95. The van der Waals surface area contributed by atoms with Crippen molar-refractivity contribution in [2.75, 3.05) is 50.2 Å². The molecule has 0 N–H and O–H groups in total. The van der Waals surface area contributed by atoms with Crippen LogP contribution in [0.25, 0.3) is 0 Å². The zero-order valence-corrected chi connectivity index (χ0v) is 35.1. The number of rotatable bonds is 9. The van der Waals surface area contributed by atoms with E-state index in [2.05, 4.69) is 39.2 Å². The summed E-state index contributed by atoms with van der Waals surface area (Å²) in [7, 11) is 3.17. The predicted octanol–water partition coefficient (Wildman–Crippen LogP) is 5.74. The van der Waals surface area contributed by atoms with Gasteiger partial charge in [-0.25, -0.2) is 15.0 Å². The Hall–Kier alpha value is -5.13. The van der Waals surface area contributed by atoms with E-state index in [0.717, 1.165) is 53.3 Å². The van der Waals surface area contributed by atoms with Crippen molar-refractivity contribution < 1.29 is 27.8 Å². The van der Waals surface area contributed by atoms with Crippen LogP contribution in [0.2, 0.25) is 0 Å². The van der Waals surface area contributed by atoms with Crippen LogP contribution in [0.1, 0.15) is 87.3 Å². The normalized spacial score (nSPS) is 15.8. The van der Waals surface area contributed by atoms with E-state index >= 15 is 0 Å². The summed E-state index contributed by atoms with van der Waals surface area (Å²) < 4.78 is 41.2. The third kappa shape index (κ3) is 10.1. The number of alkyl halides is 2. The first-order valence-corrected chi connectivity index (χ1v) is 20.1. The molecule has 8 heterocycles. The van der Waals surface area contributed by atoms with Crippen LogP contribution in [-0.2, 0) is 41.7 Å². The molecule has 0 aromatic carbocycles. The molecule has 308 valence electrons. The lowest BCUT2D eigenvalue weighted by molar-refractivity contribution is -0.133. The smallest absolute Gasteiger partial charge is 0.286 e. The molecular formula is C39H53F2N11O4S. The fourth-order valence-electron chi connectivity index (χ4n) is 7.03. The molecule has 4 aliphatic rings. The van der Waals surface area contributed by atoms with E-state index in [1.165, 1.54) is 23.8 Å². The third-order valence-electron chi connectivity index (χ3n) is 9.83. The second-order valence-corrected chi connectivity index (χ2v) is 14.6. The van der Waals surface area contributed by atoms with Crippen molar-refractivity contribution >= 4 is 34.2 Å². The first-order valence-electron chi connectivity index (χ1n) is 19.4. The zero-order valence-electron chi connectivity index (χ0n) is 34.3. The summed E-state index contributed by atoms with van der Waals surface area (Å²) >= 11 is 1.39. The molecule has 2 amide bonds. The summed E-state index contributed by atoms with van der Waals surface area (Å²) in [6.45, 7) is 17.6. The molecule has 18 heteroatoms. The molecule has 8 rings (SSSR count). The van der Waals surface area contributed by atoms with E-state index in [1.54, 1.807) is 38.4 Å². The van der Waals surface area contributed by atoms with Crippen LogP contribution in [0, 0.1) is 25.7 Å². The second-order valence-electron chi connectivity index (χ2n) is 13.9. The monoisotopic (exact) mass is 809 g/mol. The Morgan fingerprint density at radius 2 is 1.25 bits per heavy atom. The molecule has 4 aromatic heterocycles. The van der Waals surface area contributed by atoms with Crippen molar-refractivity contribution in [1.29, 1.82) is 0 Å². The Kier molecular flexibility index (Phi) is 14.2. The van der Waals surface area contributed by atoms with Gasteiger partial charge in [-0.1, -0.05) is 27.7 Å². The maximum Gasteiger partial charge on any atom is 0.286 e. The highest BCUT2D eigenvalue weighted by Gasteiger charge is 2.36. The van der Waals surface area contributed by atoms with Crippen molar-refractivity contribution in [2.24, 2.45) is 11.8 Å². The van der Waals surface area contributed by atoms with Gasteiger partial charge in [0.25, 0.3) is 5.92 Å². The first-order chi connectivity index (χ1) is 27.4. The van der Waals surface area contributed by atoms with E-state index < -0.39 is 5.92 Å². The van der Waals surface area contributed by atoms with Gasteiger partial charge in [0.2, 0.25) is 28.7 Å². The zero-order chi connectivity index (χ0) is 41.4. The molecule has 2 saturated heterocycles. The molecule has 0 bridgehead atoms. The fraction of sp³-hybridized carbons (Fsp3) is 0.564. The van der Waals surface area contributed by atoms with E-state index in [1.807, 2.05) is 44.4 Å². The van der Waals surface area contributed by atoms with Gasteiger partial charge in [-0.3, -0.25) is 14.6 Å². The van der Waals surface area contributed by atoms with Gasteiger partial charge >= 0.3 is 0 Å². The number of ether oxygens (including phenoxy) is 2. The van der Waals surface area contributed by atoms with Crippen LogP contribution in [0.5, 0.6) is 11.8 Å². The number of methoxy groups -OCH3 is 2. The Morgan fingerprint density at radius 1 is 0.754 bits per heavy atom. The Balaban J connectivity index is 0.000000203. The van der Waals surface area contributed by atoms with Gasteiger partial charge in [-0.15, -0.1) is 0 Å². The minimum atomic E-state index is -2.94. The molecule has 4 aliphatic heterocycles. The quantitative estimate of drug-likeness (QED) is 0.202. The van der Waals surface area contributed by atoms with Crippen molar-refractivity contribution in [1.82, 2.24) is 44.1 Å². The molecule has 15 nitrogen and oxygen atoms in total. The minimum Gasteiger partial charge on any atom is -0.481 e. The topological polar surface area (TPSA) is 156 Å². The molecule has 4 aromatic rings. The number of carbonyl (C=O) groups is 2. The van der Waals surface area contributed by atoms with E-state index in [0.29, 0.717) is 81.4 Å². The highest BCUT2D eigenvalue weighted by atomic mass is 32.1. The lowest BCUT2D eigenvalue weighted by Gasteiger charge is -2.41. The maximum absolute atomic E-state index is 13.3. The van der Waals surface area contributed by atoms with Gasteiger partial charge in [-0.05, 0) is 26.0 Å². The molecular weight excluding hydrogens is 757 g/mol. The van der Waals surface area contributed by atoms with Crippen LogP contribution in [0.3, 0.4) is 0 Å². The van der Waals surface area contributed by atoms with E-state index in [9.17, 15) is 18.4 Å². The van der Waals surface area contributed by atoms with E-state index in [-0.39, 0.29) is 23.4 Å². The van der Waals surface area contributed by atoms with Crippen LogP contribution in [0.15, 0.2) is 24.7 Å². The highest BCUT2D eigenvalue weighted by molar-refractivity contribution is 7.09. The van der Waals surface area contributed by atoms with E-state index in [4.69, 9.17) is 9.47 Å². The number of amides is 2. The summed E-state index contributed by atoms with van der Waals surface area (Å²) in [5.41, 5.74) is 4.11. The molecule has 2 fully saturated rings. The SMILES string of the molecule is CC.CC.COc1nc(C)nc2c1CN(C(=O)CC1CN(c3ccc(C(C)(F)F)nc3)C1)C2.COc1nc(C)nc2c1CN(C(=O)CC1CN(c3ncns3)C1)C2. The number of aryl methyl sites for hydroxylation is 2. The lowest BCUT2D eigenvalue weighted by Crippen LogP contribution is -2.48. The molecule has 0 spiro atoms. The number of pyridine rings is 1. The average molecular weight is 810 g/mol. The summed E-state index contributed by atoms with van der Waals surface area (Å²) in [6, 6.07) is 3.01. The van der Waals surface area contributed by atoms with Gasteiger partial charge in [0, 0.05) is 69.3 Å². The first kappa shape index (κ1) is 43.0. The number of nitrogens with zero attached hydrogens (tertiary/aromatic N) is 11. The van der Waals surface area contributed by atoms with Gasteiger partial charge < -0.3 is 29.1 Å². The molecule has 0 unspecified atom stereocenters. The largest absolute Gasteiger partial charge is 0.481 e. The number of halogens is 2. The van der Waals surface area contributed by atoms with Crippen molar-refractivity contribution in [3.63, 3.8) is 0 Å². The predicted molar refractivity (Wildman–Crippen MR) is 212 cm³/mol. The van der Waals surface area contributed by atoms with Gasteiger partial charge in [-0.2, -0.15) is 23.1 Å². The third-order valence-corrected chi connectivity index (χ3v) is 10.6. The van der Waals surface area contributed by atoms with Crippen LogP contribution >= 0.6 is 11.5 Å². The standard InChI is InChI=1S/C20H23F2N5O2.C15H18N6O2S.2C2H6/c1-12-24-16-11-27(10-15(16)19(25-12)29-3)18(28)6-13-8-26(9-13)14-4-5-17(23-7-14)20(2,21)22;1-9-18-12-7-20(6-11(12)14(19-9)23-2)13(22)3-10-4-21(5-10)15-16-8-17-24-15;2*1-2/h4-5,7,13H,6,8-11H2,1-3H3;8,10H,3-7H2,1-2H3;2*1-2H3. The fourth-order valence-corrected chi connectivity index (χ4v) is 7.58. The van der Waals surface area contributed by atoms with Gasteiger partial charge in [0.15, 0.2) is 0 Å². The minimum absolute atomic E-state index is 0.0754. The second kappa shape index (κ2) is 18.9. The van der Waals surface area contributed by atoms with Crippen molar-refractivity contribution in [3.8, 4) is 11.8 Å². The summed E-state index contributed by atoms with van der Waals surface area (Å²) in [5, 5.41) is 0.933. The molecule has 0 radical (unpaired) electrons. The van der Waals surface area contributed by atoms with Gasteiger partial charge in [0.05, 0.1) is 74.8 Å². The molecule has 57 heavy (non-hydrogen) atoms. The molecule has 0 aliphatic carbocycles. The van der Waals surface area contributed by atoms with Crippen LogP contribution in [-0.4, -0.2) is 96.3 Å². The Morgan fingerprint density at radius 3 is 1.65 bits per heavy atom. The summed E-state index contributed by atoms with van der Waals surface area (Å²) in [4.78, 5) is 58.6. The van der Waals surface area contributed by atoms with Crippen molar-refractivity contribution in [2.45, 2.75) is 93.4 Å². The number of hydrogen-bond donors (Lipinski definition) is 0. The van der Waals surface area contributed by atoms with Crippen LogP contribution < -0.4 is 19.3 Å². The molecule has 0 saturated carbocycles. The number of aromatic nitrogens is 7. The Labute approximate surface area is 337 Å². The van der Waals surface area contributed by atoms with Crippen LogP contribution in [0.4, 0.5) is 19.6 Å². The van der Waals surface area contributed by atoms with Crippen molar-refractivity contribution in [3.05, 3.63) is 64.5 Å². The highest BCUT2D eigenvalue weighted by Crippen LogP contribution is 2.34. The van der Waals surface area contributed by atoms with Gasteiger partial charge in [0.1, 0.15) is 23.7 Å². The molecule has 0 atom stereocenters. The maximum atomic E-state index is 13.3. The number of carbonyl (C=O) groups excluding carboxylic acids is 2. The number of anilines is 2.